The molecule has 0 atom stereocenters. The number of halogens is 2. The molecule has 94 valence electrons. The van der Waals surface area contributed by atoms with E-state index in [1.165, 1.54) is 0 Å². The highest BCUT2D eigenvalue weighted by Gasteiger charge is 2.11. The highest BCUT2D eigenvalue weighted by molar-refractivity contribution is 6.28. The summed E-state index contributed by atoms with van der Waals surface area (Å²) in [4.78, 5) is 13.4. The van der Waals surface area contributed by atoms with Crippen LogP contribution in [0.3, 0.4) is 0 Å². The summed E-state index contributed by atoms with van der Waals surface area (Å²) < 4.78 is 13.6. The van der Waals surface area contributed by atoms with Gasteiger partial charge in [0.25, 0.3) is 0 Å². The average molecular weight is 267 g/mol. The van der Waals surface area contributed by atoms with Gasteiger partial charge in [0.15, 0.2) is 11.6 Å². The van der Waals surface area contributed by atoms with Crippen molar-refractivity contribution in [2.75, 3.05) is 11.9 Å². The molecular weight excluding hydrogens is 255 g/mol. The van der Waals surface area contributed by atoms with Crippen LogP contribution in [0.25, 0.3) is 0 Å². The van der Waals surface area contributed by atoms with Crippen molar-refractivity contribution in [3.63, 3.8) is 0 Å². The molecule has 2 aromatic heterocycles. The van der Waals surface area contributed by atoms with Crippen molar-refractivity contribution in [2.24, 2.45) is 0 Å². The highest BCUT2D eigenvalue weighted by Crippen LogP contribution is 2.17. The van der Waals surface area contributed by atoms with Crippen LogP contribution >= 0.6 is 11.6 Å². The summed E-state index contributed by atoms with van der Waals surface area (Å²) in [5, 5.41) is 0.0236. The molecule has 0 aliphatic carbocycles. The molecule has 2 aromatic rings. The number of aromatic nitrogens is 3. The quantitative estimate of drug-likeness (QED) is 0.801. The molecule has 0 radical (unpaired) electrons. The van der Waals surface area contributed by atoms with Crippen LogP contribution in [0.15, 0.2) is 24.4 Å². The van der Waals surface area contributed by atoms with Gasteiger partial charge in [-0.05, 0) is 30.7 Å². The number of pyridine rings is 1. The molecule has 0 N–H and O–H groups in total. The van der Waals surface area contributed by atoms with Crippen molar-refractivity contribution in [3.05, 3.63) is 46.9 Å². The Balaban J connectivity index is 2.21. The Hall–Kier alpha value is -1.75. The third-order valence-electron chi connectivity index (χ3n) is 2.40. The lowest BCUT2D eigenvalue weighted by Crippen LogP contribution is -2.20. The molecule has 0 amide bonds. The monoisotopic (exact) mass is 266 g/mol. The Morgan fingerprint density at radius 2 is 2.11 bits per heavy atom. The van der Waals surface area contributed by atoms with Crippen molar-refractivity contribution < 1.29 is 4.39 Å². The summed E-state index contributed by atoms with van der Waals surface area (Å²) in [6, 6.07) is 5.70. The third kappa shape index (κ3) is 2.92. The molecular formula is C12H12ClFN4. The fourth-order valence-electron chi connectivity index (χ4n) is 1.61. The lowest BCUT2D eigenvalue weighted by molar-refractivity contribution is 0.606. The number of nitrogens with zero attached hydrogens (tertiary/aromatic N) is 4. The number of rotatable bonds is 3. The molecule has 2 heterocycles. The smallest absolute Gasteiger partial charge is 0.224 e. The predicted molar refractivity (Wildman–Crippen MR) is 68.1 cm³/mol. The molecule has 0 unspecified atom stereocenters. The van der Waals surface area contributed by atoms with Gasteiger partial charge >= 0.3 is 0 Å². The van der Waals surface area contributed by atoms with E-state index < -0.39 is 5.82 Å². The van der Waals surface area contributed by atoms with E-state index in [4.69, 9.17) is 11.6 Å². The summed E-state index contributed by atoms with van der Waals surface area (Å²) in [6.45, 7) is 2.36. The lowest BCUT2D eigenvalue weighted by atomic mass is 10.3. The van der Waals surface area contributed by atoms with Crippen molar-refractivity contribution in [1.82, 2.24) is 15.0 Å². The van der Waals surface area contributed by atoms with Crippen molar-refractivity contribution in [3.8, 4) is 0 Å². The summed E-state index contributed by atoms with van der Waals surface area (Å²) in [7, 11) is 1.73. The lowest BCUT2D eigenvalue weighted by Gasteiger charge is -2.18. The highest BCUT2D eigenvalue weighted by atomic mass is 35.5. The molecule has 6 heteroatoms. The minimum absolute atomic E-state index is 0.0236. The summed E-state index contributed by atoms with van der Waals surface area (Å²) in [5.74, 6) is -0.340. The normalized spacial score (nSPS) is 10.4. The van der Waals surface area contributed by atoms with Gasteiger partial charge in [0.1, 0.15) is 0 Å². The van der Waals surface area contributed by atoms with Gasteiger partial charge in [-0.15, -0.1) is 0 Å². The zero-order valence-corrected chi connectivity index (χ0v) is 10.8. The van der Waals surface area contributed by atoms with E-state index in [9.17, 15) is 4.39 Å². The second-order valence-electron chi connectivity index (χ2n) is 3.94. The Labute approximate surface area is 109 Å². The van der Waals surface area contributed by atoms with E-state index in [1.54, 1.807) is 11.9 Å². The van der Waals surface area contributed by atoms with Gasteiger partial charge in [-0.2, -0.15) is 4.98 Å². The van der Waals surface area contributed by atoms with E-state index in [2.05, 4.69) is 15.0 Å². The molecule has 18 heavy (non-hydrogen) atoms. The van der Waals surface area contributed by atoms with E-state index in [0.717, 1.165) is 17.6 Å². The van der Waals surface area contributed by atoms with Gasteiger partial charge in [-0.25, -0.2) is 9.37 Å². The Morgan fingerprint density at radius 3 is 2.83 bits per heavy atom. The zero-order chi connectivity index (χ0) is 13.1. The van der Waals surface area contributed by atoms with Gasteiger partial charge in [0.05, 0.1) is 18.4 Å². The van der Waals surface area contributed by atoms with Gasteiger partial charge in [-0.3, -0.25) is 4.98 Å². The second-order valence-corrected chi connectivity index (χ2v) is 4.28. The number of hydrogen-bond donors (Lipinski definition) is 0. The van der Waals surface area contributed by atoms with E-state index in [0.29, 0.717) is 6.54 Å². The van der Waals surface area contributed by atoms with Crippen LogP contribution in [0.5, 0.6) is 0 Å². The fourth-order valence-corrected chi connectivity index (χ4v) is 1.74. The topological polar surface area (TPSA) is 41.9 Å². The van der Waals surface area contributed by atoms with Gasteiger partial charge in [0.2, 0.25) is 5.28 Å². The van der Waals surface area contributed by atoms with E-state index >= 15 is 0 Å². The van der Waals surface area contributed by atoms with Crippen LogP contribution in [0, 0.1) is 12.7 Å². The zero-order valence-electron chi connectivity index (χ0n) is 10.1. The SMILES string of the molecule is Cc1cccc(CN(C)c2nc(Cl)ncc2F)n1. The van der Waals surface area contributed by atoms with Crippen molar-refractivity contribution in [1.29, 1.82) is 0 Å². The Kier molecular flexibility index (Phi) is 3.72. The van der Waals surface area contributed by atoms with Crippen LogP contribution in [0.2, 0.25) is 5.28 Å². The van der Waals surface area contributed by atoms with Gasteiger partial charge in [0, 0.05) is 12.7 Å². The molecule has 0 aliphatic rings. The van der Waals surface area contributed by atoms with Crippen LogP contribution in [-0.2, 0) is 6.54 Å². The molecule has 0 fully saturated rings. The number of anilines is 1. The Morgan fingerprint density at radius 1 is 1.33 bits per heavy atom. The maximum absolute atomic E-state index is 13.6. The third-order valence-corrected chi connectivity index (χ3v) is 2.59. The maximum Gasteiger partial charge on any atom is 0.224 e. The van der Waals surface area contributed by atoms with Gasteiger partial charge in [-0.1, -0.05) is 6.07 Å². The van der Waals surface area contributed by atoms with Crippen LogP contribution in [-0.4, -0.2) is 22.0 Å². The number of hydrogen-bond acceptors (Lipinski definition) is 4. The standard InChI is InChI=1S/C12H12ClFN4/c1-8-4-3-5-9(16-8)7-18(2)11-10(14)6-15-12(13)17-11/h3-6H,7H2,1-2H3. The first-order valence-corrected chi connectivity index (χ1v) is 5.76. The molecule has 0 saturated carbocycles. The van der Waals surface area contributed by atoms with E-state index in [1.807, 2.05) is 25.1 Å². The first kappa shape index (κ1) is 12.7. The fraction of sp³-hybridized carbons (Fsp3) is 0.250. The molecule has 0 aliphatic heterocycles. The molecule has 2 rings (SSSR count). The predicted octanol–water partition coefficient (Wildman–Crippen LogP) is 2.61. The Bertz CT molecular complexity index is 562. The number of aryl methyl sites for hydroxylation is 1. The minimum atomic E-state index is -0.505. The largest absolute Gasteiger partial charge is 0.351 e. The van der Waals surface area contributed by atoms with E-state index in [-0.39, 0.29) is 11.1 Å². The molecule has 4 nitrogen and oxygen atoms in total. The van der Waals surface area contributed by atoms with Crippen LogP contribution < -0.4 is 4.90 Å². The first-order valence-electron chi connectivity index (χ1n) is 5.38. The summed E-state index contributed by atoms with van der Waals surface area (Å²) in [6.07, 6.45) is 1.06. The molecule has 0 spiro atoms. The molecule has 0 bridgehead atoms. The minimum Gasteiger partial charge on any atom is -0.351 e. The maximum atomic E-state index is 13.6. The second kappa shape index (κ2) is 5.27. The van der Waals surface area contributed by atoms with Gasteiger partial charge < -0.3 is 4.90 Å². The van der Waals surface area contributed by atoms with Crippen molar-refractivity contribution in [2.45, 2.75) is 13.5 Å². The molecule has 0 saturated heterocycles. The summed E-state index contributed by atoms with van der Waals surface area (Å²) >= 11 is 5.66. The molecule has 0 aromatic carbocycles. The average Bonchev–Trinajstić information content (AvgIpc) is 2.32. The van der Waals surface area contributed by atoms with Crippen molar-refractivity contribution >= 4 is 17.4 Å². The van der Waals surface area contributed by atoms with Crippen LogP contribution in [0.1, 0.15) is 11.4 Å². The summed E-state index contributed by atoms with van der Waals surface area (Å²) in [5.41, 5.74) is 1.76. The first-order chi connectivity index (χ1) is 8.56. The van der Waals surface area contributed by atoms with Crippen LogP contribution in [0.4, 0.5) is 10.2 Å².